The van der Waals surface area contributed by atoms with Gasteiger partial charge in [-0.3, -0.25) is 0 Å². The first kappa shape index (κ1) is 27.0. The van der Waals surface area contributed by atoms with E-state index >= 15 is 0 Å². The van der Waals surface area contributed by atoms with Crippen LogP contribution < -0.4 is 15.4 Å². The Balaban J connectivity index is 1.51. The van der Waals surface area contributed by atoms with Gasteiger partial charge in [0.2, 0.25) is 11.8 Å². The number of pyridine rings is 1. The molecule has 2 aromatic heterocycles. The van der Waals surface area contributed by atoms with Crippen LogP contribution in [0.2, 0.25) is 0 Å². The first-order chi connectivity index (χ1) is 18.8. The molecule has 204 valence electrons. The van der Waals surface area contributed by atoms with Crippen LogP contribution in [0.4, 0.5) is 5.95 Å². The number of aromatic nitrogens is 3. The van der Waals surface area contributed by atoms with Crippen molar-refractivity contribution < 1.29 is 13.2 Å². The predicted octanol–water partition coefficient (Wildman–Crippen LogP) is 5.59. The number of fused-ring (bicyclic) bond motifs is 1. The zero-order chi connectivity index (χ0) is 27.4. The van der Waals surface area contributed by atoms with Crippen molar-refractivity contribution in [3.63, 3.8) is 0 Å². The SMILES string of the molecule is CCCS(=O)(=O)Cc1c(C)ccc2c(Oc3ncccc3-c3ccnc(N[C@H]4CCCNC4)n3)c(C)ccc12. The summed E-state index contributed by atoms with van der Waals surface area (Å²) in [6.07, 6.45) is 6.23. The number of ether oxygens (including phenoxy) is 1. The zero-order valence-electron chi connectivity index (χ0n) is 22.7. The summed E-state index contributed by atoms with van der Waals surface area (Å²) in [5, 5.41) is 8.57. The Hall–Kier alpha value is -3.56. The van der Waals surface area contributed by atoms with Crippen molar-refractivity contribution in [1.82, 2.24) is 20.3 Å². The van der Waals surface area contributed by atoms with Crippen molar-refractivity contribution in [3.8, 4) is 22.9 Å². The van der Waals surface area contributed by atoms with E-state index in [1.54, 1.807) is 12.4 Å². The van der Waals surface area contributed by atoms with E-state index in [-0.39, 0.29) is 17.5 Å². The Morgan fingerprint density at radius 3 is 2.64 bits per heavy atom. The smallest absolute Gasteiger partial charge is 0.228 e. The van der Waals surface area contributed by atoms with E-state index < -0.39 is 9.84 Å². The van der Waals surface area contributed by atoms with Crippen molar-refractivity contribution >= 4 is 26.6 Å². The van der Waals surface area contributed by atoms with E-state index in [0.29, 0.717) is 29.7 Å². The lowest BCUT2D eigenvalue weighted by Gasteiger charge is -2.23. The molecule has 1 fully saturated rings. The number of nitrogens with zero attached hydrogens (tertiary/aromatic N) is 3. The number of hydrogen-bond donors (Lipinski definition) is 2. The molecule has 39 heavy (non-hydrogen) atoms. The third-order valence-corrected chi connectivity index (χ3v) is 8.86. The third kappa shape index (κ3) is 6.20. The molecule has 0 aliphatic carbocycles. The highest BCUT2D eigenvalue weighted by molar-refractivity contribution is 7.90. The van der Waals surface area contributed by atoms with Gasteiger partial charge in [-0.05, 0) is 79.9 Å². The predicted molar refractivity (Wildman–Crippen MR) is 156 cm³/mol. The van der Waals surface area contributed by atoms with Gasteiger partial charge in [0.25, 0.3) is 0 Å². The maximum absolute atomic E-state index is 12.7. The van der Waals surface area contributed by atoms with E-state index in [1.165, 1.54) is 0 Å². The molecule has 0 amide bonds. The Bertz CT molecular complexity index is 1580. The van der Waals surface area contributed by atoms with Crippen molar-refractivity contribution in [1.29, 1.82) is 0 Å². The first-order valence-electron chi connectivity index (χ1n) is 13.5. The van der Waals surface area contributed by atoms with E-state index in [4.69, 9.17) is 9.72 Å². The molecule has 3 heterocycles. The second kappa shape index (κ2) is 11.7. The van der Waals surface area contributed by atoms with Crippen LogP contribution in [0.3, 0.4) is 0 Å². The van der Waals surface area contributed by atoms with Gasteiger partial charge in [-0.25, -0.2) is 23.4 Å². The fourth-order valence-corrected chi connectivity index (χ4v) is 6.68. The lowest BCUT2D eigenvalue weighted by atomic mass is 9.98. The van der Waals surface area contributed by atoms with Gasteiger partial charge in [-0.1, -0.05) is 31.2 Å². The van der Waals surface area contributed by atoms with Crippen molar-refractivity contribution in [2.75, 3.05) is 24.2 Å². The standard InChI is InChI=1S/C30H35N5O3S/c1-4-17-39(36,37)19-26-20(2)9-12-24-23(26)11-10-21(3)28(24)38-29-25(8-6-15-32-29)27-13-16-33-30(35-27)34-22-7-5-14-31-18-22/h6,8-13,15-16,22,31H,4-5,7,14,17-19H2,1-3H3,(H,33,34,35)/t22-/m0/s1. The average molecular weight is 546 g/mol. The van der Waals surface area contributed by atoms with Gasteiger partial charge in [0.15, 0.2) is 9.84 Å². The molecule has 1 atom stereocenters. The molecule has 2 N–H and O–H groups in total. The second-order valence-electron chi connectivity index (χ2n) is 10.2. The molecule has 5 rings (SSSR count). The fraction of sp³-hybridized carbons (Fsp3) is 0.367. The first-order valence-corrected chi connectivity index (χ1v) is 15.3. The third-order valence-electron chi connectivity index (χ3n) is 7.10. The van der Waals surface area contributed by atoms with E-state index in [0.717, 1.165) is 59.0 Å². The summed E-state index contributed by atoms with van der Waals surface area (Å²) in [4.78, 5) is 13.8. The Morgan fingerprint density at radius 2 is 1.85 bits per heavy atom. The summed E-state index contributed by atoms with van der Waals surface area (Å²) in [6, 6.07) is 13.9. The molecule has 2 aromatic carbocycles. The largest absolute Gasteiger partial charge is 0.437 e. The number of benzene rings is 2. The van der Waals surface area contributed by atoms with Crippen LogP contribution in [0.5, 0.6) is 11.6 Å². The lowest BCUT2D eigenvalue weighted by molar-refractivity contribution is 0.466. The Morgan fingerprint density at radius 1 is 1.03 bits per heavy atom. The maximum atomic E-state index is 12.7. The zero-order valence-corrected chi connectivity index (χ0v) is 23.5. The molecule has 0 radical (unpaired) electrons. The van der Waals surface area contributed by atoms with Gasteiger partial charge < -0.3 is 15.4 Å². The lowest BCUT2D eigenvalue weighted by Crippen LogP contribution is -2.38. The molecular weight excluding hydrogens is 510 g/mol. The number of nitrogens with one attached hydrogen (secondary N) is 2. The van der Waals surface area contributed by atoms with Crippen LogP contribution >= 0.6 is 0 Å². The van der Waals surface area contributed by atoms with Crippen molar-refractivity contribution in [2.24, 2.45) is 0 Å². The Labute approximate surface area is 230 Å². The monoisotopic (exact) mass is 545 g/mol. The number of aryl methyl sites for hydroxylation is 2. The topological polar surface area (TPSA) is 106 Å². The molecule has 0 spiro atoms. The van der Waals surface area contributed by atoms with Gasteiger partial charge in [0.1, 0.15) is 5.75 Å². The van der Waals surface area contributed by atoms with Crippen LogP contribution in [0, 0.1) is 13.8 Å². The van der Waals surface area contributed by atoms with Gasteiger partial charge >= 0.3 is 0 Å². The van der Waals surface area contributed by atoms with Gasteiger partial charge in [0, 0.05) is 30.4 Å². The molecule has 1 aliphatic rings. The minimum Gasteiger partial charge on any atom is -0.437 e. The summed E-state index contributed by atoms with van der Waals surface area (Å²) in [7, 11) is -3.22. The number of rotatable bonds is 9. The second-order valence-corrected chi connectivity index (χ2v) is 12.4. The molecule has 8 nitrogen and oxygen atoms in total. The molecule has 9 heteroatoms. The summed E-state index contributed by atoms with van der Waals surface area (Å²) in [5.41, 5.74) is 4.15. The quantitative estimate of drug-likeness (QED) is 0.280. The number of sulfone groups is 1. The molecule has 0 bridgehead atoms. The highest BCUT2D eigenvalue weighted by Crippen LogP contribution is 2.38. The van der Waals surface area contributed by atoms with Crippen LogP contribution in [0.15, 0.2) is 54.9 Å². The van der Waals surface area contributed by atoms with Crippen molar-refractivity contribution in [2.45, 2.75) is 51.8 Å². The minimum absolute atomic E-state index is 0.00851. The molecular formula is C30H35N5O3S. The highest BCUT2D eigenvalue weighted by Gasteiger charge is 2.20. The fourth-order valence-electron chi connectivity index (χ4n) is 5.09. The summed E-state index contributed by atoms with van der Waals surface area (Å²) in [5.74, 6) is 1.84. The number of hydrogen-bond acceptors (Lipinski definition) is 8. The maximum Gasteiger partial charge on any atom is 0.228 e. The van der Waals surface area contributed by atoms with Crippen molar-refractivity contribution in [3.05, 3.63) is 71.5 Å². The number of piperidine rings is 1. The van der Waals surface area contributed by atoms with Gasteiger partial charge in [-0.15, -0.1) is 0 Å². The normalized spacial score (nSPS) is 15.8. The summed E-state index contributed by atoms with van der Waals surface area (Å²) in [6.45, 7) is 7.75. The molecule has 0 saturated carbocycles. The van der Waals surface area contributed by atoms with Gasteiger partial charge in [-0.2, -0.15) is 0 Å². The average Bonchev–Trinajstić information content (AvgIpc) is 2.92. The van der Waals surface area contributed by atoms with Gasteiger partial charge in [0.05, 0.1) is 22.8 Å². The van der Waals surface area contributed by atoms with E-state index in [9.17, 15) is 8.42 Å². The van der Waals surface area contributed by atoms with E-state index in [2.05, 4.69) is 20.6 Å². The Kier molecular flexibility index (Phi) is 8.09. The molecule has 0 unspecified atom stereocenters. The van der Waals surface area contributed by atoms with E-state index in [1.807, 2.05) is 63.2 Å². The van der Waals surface area contributed by atoms with Crippen LogP contribution in [0.1, 0.15) is 42.9 Å². The van der Waals surface area contributed by atoms with Crippen LogP contribution in [-0.2, 0) is 15.6 Å². The van der Waals surface area contributed by atoms with Crippen LogP contribution in [-0.4, -0.2) is 48.3 Å². The summed E-state index contributed by atoms with van der Waals surface area (Å²) >= 11 is 0. The molecule has 1 saturated heterocycles. The van der Waals surface area contributed by atoms with Crippen LogP contribution in [0.25, 0.3) is 22.0 Å². The highest BCUT2D eigenvalue weighted by atomic mass is 32.2. The molecule has 4 aromatic rings. The minimum atomic E-state index is -3.22. The number of anilines is 1. The molecule has 1 aliphatic heterocycles. The summed E-state index contributed by atoms with van der Waals surface area (Å²) < 4.78 is 32.0.